The lowest BCUT2D eigenvalue weighted by Gasteiger charge is -2.35. The van der Waals surface area contributed by atoms with E-state index in [1.807, 2.05) is 0 Å². The van der Waals surface area contributed by atoms with Gasteiger partial charge in [-0.1, -0.05) is 29.8 Å². The highest BCUT2D eigenvalue weighted by molar-refractivity contribution is 7.80. The number of carbonyl (C=O) groups is 3. The highest BCUT2D eigenvalue weighted by Gasteiger charge is 2.33. The number of hydrogen-bond donors (Lipinski definition) is 2. The van der Waals surface area contributed by atoms with Crippen molar-refractivity contribution in [3.05, 3.63) is 40.9 Å². The van der Waals surface area contributed by atoms with Crippen molar-refractivity contribution in [1.82, 2.24) is 15.5 Å². The summed E-state index contributed by atoms with van der Waals surface area (Å²) in [5, 5.41) is 5.79. The molecule has 138 valence electrons. The number of rotatable bonds is 4. The van der Waals surface area contributed by atoms with Gasteiger partial charge in [0.15, 0.2) is 5.11 Å². The number of esters is 1. The molecular formula is C17H18ClN3O4S. The highest BCUT2D eigenvalue weighted by Crippen LogP contribution is 2.16. The fourth-order valence-electron chi connectivity index (χ4n) is 2.40. The smallest absolute Gasteiger partial charge is 0.308 e. The Bertz CT molecular complexity index is 753. The third kappa shape index (κ3) is 5.27. The van der Waals surface area contributed by atoms with Crippen molar-refractivity contribution in [2.75, 3.05) is 20.2 Å². The van der Waals surface area contributed by atoms with Gasteiger partial charge in [-0.2, -0.15) is 0 Å². The number of nitrogens with zero attached hydrogens (tertiary/aromatic N) is 1. The summed E-state index contributed by atoms with van der Waals surface area (Å²) < 4.78 is 4.61. The van der Waals surface area contributed by atoms with E-state index in [9.17, 15) is 14.4 Å². The average molecular weight is 396 g/mol. The van der Waals surface area contributed by atoms with Crippen molar-refractivity contribution in [2.45, 2.75) is 12.5 Å². The summed E-state index contributed by atoms with van der Waals surface area (Å²) in [7, 11) is 1.24. The van der Waals surface area contributed by atoms with Gasteiger partial charge >= 0.3 is 5.97 Å². The SMILES string of the molecule is COC(=O)CC1C(=O)NCCN1C(=S)NC(=O)C=Cc1ccccc1Cl. The molecule has 1 saturated heterocycles. The van der Waals surface area contributed by atoms with E-state index in [-0.39, 0.29) is 17.4 Å². The fourth-order valence-corrected chi connectivity index (χ4v) is 2.91. The minimum atomic E-state index is -0.823. The molecule has 0 aromatic heterocycles. The Morgan fingerprint density at radius 3 is 2.88 bits per heavy atom. The molecule has 0 radical (unpaired) electrons. The molecule has 2 N–H and O–H groups in total. The van der Waals surface area contributed by atoms with Gasteiger partial charge in [-0.3, -0.25) is 19.7 Å². The molecule has 1 aromatic carbocycles. The van der Waals surface area contributed by atoms with Gasteiger partial charge in [0.25, 0.3) is 0 Å². The quantitative estimate of drug-likeness (QED) is 0.451. The Kier molecular flexibility index (Phi) is 7.11. The second-order valence-electron chi connectivity index (χ2n) is 5.43. The lowest BCUT2D eigenvalue weighted by Crippen LogP contribution is -2.60. The topological polar surface area (TPSA) is 87.7 Å². The van der Waals surface area contributed by atoms with Crippen molar-refractivity contribution in [3.63, 3.8) is 0 Å². The molecule has 1 aromatic rings. The van der Waals surface area contributed by atoms with Crippen molar-refractivity contribution in [3.8, 4) is 0 Å². The number of thiocarbonyl (C=S) groups is 1. The lowest BCUT2D eigenvalue weighted by molar-refractivity contribution is -0.144. The van der Waals surface area contributed by atoms with Crippen LogP contribution in [0.5, 0.6) is 0 Å². The summed E-state index contributed by atoms with van der Waals surface area (Å²) in [6.07, 6.45) is 2.70. The summed E-state index contributed by atoms with van der Waals surface area (Å²) in [6, 6.07) is 6.26. The number of hydrogen-bond acceptors (Lipinski definition) is 5. The molecule has 1 aliphatic heterocycles. The van der Waals surface area contributed by atoms with Crippen molar-refractivity contribution in [1.29, 1.82) is 0 Å². The number of halogens is 1. The van der Waals surface area contributed by atoms with Crippen LogP contribution in [0.3, 0.4) is 0 Å². The van der Waals surface area contributed by atoms with Crippen LogP contribution in [-0.2, 0) is 19.1 Å². The first kappa shape index (κ1) is 19.9. The summed E-state index contributed by atoms with van der Waals surface area (Å²) in [5.74, 6) is -1.34. The normalized spacial score (nSPS) is 16.9. The van der Waals surface area contributed by atoms with E-state index in [0.717, 1.165) is 0 Å². The zero-order valence-electron chi connectivity index (χ0n) is 14.0. The van der Waals surface area contributed by atoms with Crippen LogP contribution in [0, 0.1) is 0 Å². The van der Waals surface area contributed by atoms with E-state index in [1.165, 1.54) is 18.1 Å². The number of benzene rings is 1. The number of piperazine rings is 1. The van der Waals surface area contributed by atoms with Gasteiger partial charge in [0, 0.05) is 24.2 Å². The Balaban J connectivity index is 2.02. The lowest BCUT2D eigenvalue weighted by atomic mass is 10.1. The zero-order valence-corrected chi connectivity index (χ0v) is 15.6. The largest absolute Gasteiger partial charge is 0.469 e. The summed E-state index contributed by atoms with van der Waals surface area (Å²) in [5.41, 5.74) is 0.691. The van der Waals surface area contributed by atoms with Gasteiger partial charge in [-0.15, -0.1) is 0 Å². The molecule has 1 unspecified atom stereocenters. The predicted molar refractivity (Wildman–Crippen MR) is 101 cm³/mol. The Labute approximate surface area is 161 Å². The molecule has 1 fully saturated rings. The van der Waals surface area contributed by atoms with Crippen LogP contribution < -0.4 is 10.6 Å². The van der Waals surface area contributed by atoms with E-state index >= 15 is 0 Å². The second kappa shape index (κ2) is 9.30. The van der Waals surface area contributed by atoms with E-state index < -0.39 is 17.9 Å². The van der Waals surface area contributed by atoms with Gasteiger partial charge in [0.1, 0.15) is 6.04 Å². The van der Waals surface area contributed by atoms with E-state index in [4.69, 9.17) is 23.8 Å². The number of nitrogens with one attached hydrogen (secondary N) is 2. The molecule has 0 bridgehead atoms. The maximum atomic E-state index is 12.1. The number of carbonyl (C=O) groups excluding carboxylic acids is 3. The highest BCUT2D eigenvalue weighted by atomic mass is 35.5. The zero-order chi connectivity index (χ0) is 19.1. The molecule has 0 saturated carbocycles. The van der Waals surface area contributed by atoms with Crippen LogP contribution in [0.4, 0.5) is 0 Å². The molecule has 0 aliphatic carbocycles. The van der Waals surface area contributed by atoms with Crippen molar-refractivity contribution in [2.24, 2.45) is 0 Å². The molecule has 2 rings (SSSR count). The molecule has 1 heterocycles. The number of methoxy groups -OCH3 is 1. The molecule has 7 nitrogen and oxygen atoms in total. The van der Waals surface area contributed by atoms with Gasteiger partial charge in [-0.25, -0.2) is 0 Å². The maximum absolute atomic E-state index is 12.1. The average Bonchev–Trinajstić information content (AvgIpc) is 2.62. The third-order valence-electron chi connectivity index (χ3n) is 3.73. The second-order valence-corrected chi connectivity index (χ2v) is 6.22. The molecule has 0 spiro atoms. The molecule has 1 atom stereocenters. The summed E-state index contributed by atoms with van der Waals surface area (Å²) >= 11 is 11.3. The van der Waals surface area contributed by atoms with E-state index in [2.05, 4.69) is 15.4 Å². The van der Waals surface area contributed by atoms with Gasteiger partial charge < -0.3 is 15.0 Å². The predicted octanol–water partition coefficient (Wildman–Crippen LogP) is 1.12. The van der Waals surface area contributed by atoms with Gasteiger partial charge in [0.05, 0.1) is 13.5 Å². The molecule has 2 amide bonds. The van der Waals surface area contributed by atoms with Crippen LogP contribution in [0.1, 0.15) is 12.0 Å². The number of amides is 2. The molecule has 26 heavy (non-hydrogen) atoms. The van der Waals surface area contributed by atoms with Crippen LogP contribution in [0.2, 0.25) is 5.02 Å². The molecule has 9 heteroatoms. The van der Waals surface area contributed by atoms with Crippen LogP contribution in [0.15, 0.2) is 30.3 Å². The first-order chi connectivity index (χ1) is 12.4. The first-order valence-electron chi connectivity index (χ1n) is 7.81. The van der Waals surface area contributed by atoms with Gasteiger partial charge in [-0.05, 0) is 29.9 Å². The van der Waals surface area contributed by atoms with E-state index in [1.54, 1.807) is 30.3 Å². The minimum Gasteiger partial charge on any atom is -0.469 e. The minimum absolute atomic E-state index is 0.0718. The van der Waals surface area contributed by atoms with Crippen LogP contribution >= 0.6 is 23.8 Å². The van der Waals surface area contributed by atoms with Gasteiger partial charge in [0.2, 0.25) is 11.8 Å². The Morgan fingerprint density at radius 1 is 1.46 bits per heavy atom. The molecular weight excluding hydrogens is 378 g/mol. The standard InChI is InChI=1S/C17H18ClN3O4S/c1-25-15(23)10-13-16(24)19-8-9-21(13)17(26)20-14(22)7-6-11-4-2-3-5-12(11)18/h2-7,13H,8-10H2,1H3,(H,19,24)(H,20,22,26). The van der Waals surface area contributed by atoms with Crippen molar-refractivity contribution < 1.29 is 19.1 Å². The molecule has 1 aliphatic rings. The summed E-state index contributed by atoms with van der Waals surface area (Å²) in [4.78, 5) is 37.2. The van der Waals surface area contributed by atoms with Crippen LogP contribution in [0.25, 0.3) is 6.08 Å². The van der Waals surface area contributed by atoms with E-state index in [0.29, 0.717) is 23.7 Å². The third-order valence-corrected chi connectivity index (χ3v) is 4.41. The maximum Gasteiger partial charge on any atom is 0.308 e. The first-order valence-corrected chi connectivity index (χ1v) is 8.59. The number of ether oxygens (including phenoxy) is 1. The monoisotopic (exact) mass is 395 g/mol. The van der Waals surface area contributed by atoms with Crippen LogP contribution in [-0.4, -0.2) is 54.0 Å². The Hall–Kier alpha value is -2.45. The summed E-state index contributed by atoms with van der Waals surface area (Å²) in [6.45, 7) is 0.739. The van der Waals surface area contributed by atoms with Crippen molar-refractivity contribution >= 4 is 52.8 Å². The fraction of sp³-hybridized carbons (Fsp3) is 0.294. The Morgan fingerprint density at radius 2 is 2.19 bits per heavy atom.